The molecule has 0 spiro atoms. The van der Waals surface area contributed by atoms with E-state index in [-0.39, 0.29) is 35.6 Å². The van der Waals surface area contributed by atoms with E-state index in [2.05, 4.69) is 36.4 Å². The van der Waals surface area contributed by atoms with Gasteiger partial charge in [0.05, 0.1) is 11.8 Å². The summed E-state index contributed by atoms with van der Waals surface area (Å²) in [6, 6.07) is 20.4. The van der Waals surface area contributed by atoms with Crippen molar-refractivity contribution in [2.75, 3.05) is 0 Å². The van der Waals surface area contributed by atoms with Crippen LogP contribution in [0.5, 0.6) is 0 Å². The van der Waals surface area contributed by atoms with Crippen molar-refractivity contribution in [1.29, 1.82) is 0 Å². The summed E-state index contributed by atoms with van der Waals surface area (Å²) in [5.74, 6) is -1.57. The lowest BCUT2D eigenvalue weighted by molar-refractivity contribution is -0.154. The van der Waals surface area contributed by atoms with E-state index >= 15 is 0 Å². The molecule has 5 rings (SSSR count). The molecule has 0 radical (unpaired) electrons. The highest BCUT2D eigenvalue weighted by molar-refractivity contribution is 6.00. The predicted octanol–water partition coefficient (Wildman–Crippen LogP) is 3.62. The predicted molar refractivity (Wildman–Crippen MR) is 93.1 cm³/mol. The zero-order chi connectivity index (χ0) is 17.0. The molecule has 3 heteroatoms. The van der Waals surface area contributed by atoms with Crippen molar-refractivity contribution in [3.63, 3.8) is 0 Å². The molecule has 3 nitrogen and oxygen atoms in total. The van der Waals surface area contributed by atoms with E-state index in [0.717, 1.165) is 16.7 Å². The zero-order valence-corrected chi connectivity index (χ0v) is 13.5. The zero-order valence-electron chi connectivity index (χ0n) is 13.5. The van der Waals surface area contributed by atoms with Crippen LogP contribution in [0.3, 0.4) is 0 Å². The number of hydrogen-bond acceptors (Lipinski definition) is 3. The van der Waals surface area contributed by atoms with Gasteiger partial charge in [0.25, 0.3) is 0 Å². The standard InChI is InChI=1S/C22H16O3/c23-21-19-15-11-12-16(20(19)22(24)25-21)18(15)17(13-7-3-1-4-8-13)14-9-5-2-6-10-14/h1-12,15-16,19-20H/t15-,16-,19-,20-/m0/s1. The van der Waals surface area contributed by atoms with E-state index in [9.17, 15) is 9.59 Å². The molecule has 0 amide bonds. The monoisotopic (exact) mass is 328 g/mol. The minimum atomic E-state index is -0.371. The second kappa shape index (κ2) is 5.28. The second-order valence-electron chi connectivity index (χ2n) is 6.79. The molecule has 3 aliphatic rings. The highest BCUT2D eigenvalue weighted by Crippen LogP contribution is 2.57. The number of hydrogen-bond donors (Lipinski definition) is 0. The molecule has 1 saturated heterocycles. The molecule has 2 bridgehead atoms. The van der Waals surface area contributed by atoms with Crippen molar-refractivity contribution in [2.24, 2.45) is 23.7 Å². The van der Waals surface area contributed by atoms with Gasteiger partial charge in [-0.2, -0.15) is 0 Å². The maximum Gasteiger partial charge on any atom is 0.318 e. The van der Waals surface area contributed by atoms with E-state index in [4.69, 9.17) is 4.74 Å². The molecular formula is C22H16O3. The minimum Gasteiger partial charge on any atom is -0.393 e. The highest BCUT2D eigenvalue weighted by Gasteiger charge is 2.61. The van der Waals surface area contributed by atoms with Crippen LogP contribution in [0.4, 0.5) is 0 Å². The van der Waals surface area contributed by atoms with Crippen LogP contribution in [0.1, 0.15) is 11.1 Å². The molecule has 1 saturated carbocycles. The molecular weight excluding hydrogens is 312 g/mol. The Kier molecular flexibility index (Phi) is 3.04. The number of carbonyl (C=O) groups is 2. The number of benzene rings is 2. The summed E-state index contributed by atoms with van der Waals surface area (Å²) in [5.41, 5.74) is 4.54. The number of allylic oxidation sites excluding steroid dienone is 3. The van der Waals surface area contributed by atoms with Crippen LogP contribution < -0.4 is 0 Å². The minimum absolute atomic E-state index is 0.0515. The Labute approximate surface area is 145 Å². The van der Waals surface area contributed by atoms with Gasteiger partial charge < -0.3 is 4.74 Å². The van der Waals surface area contributed by atoms with Crippen molar-refractivity contribution >= 4 is 17.5 Å². The van der Waals surface area contributed by atoms with E-state index in [1.54, 1.807) is 0 Å². The highest BCUT2D eigenvalue weighted by atomic mass is 16.6. The van der Waals surface area contributed by atoms with Gasteiger partial charge in [0.15, 0.2) is 0 Å². The lowest BCUT2D eigenvalue weighted by Gasteiger charge is -2.18. The number of fused-ring (bicyclic) bond motifs is 5. The van der Waals surface area contributed by atoms with Crippen LogP contribution in [-0.4, -0.2) is 11.9 Å². The number of rotatable bonds is 2. The normalized spacial score (nSPS) is 29.0. The third kappa shape index (κ3) is 1.99. The fraction of sp³-hybridized carbons (Fsp3) is 0.182. The van der Waals surface area contributed by atoms with Crippen molar-refractivity contribution in [3.05, 3.63) is 89.5 Å². The smallest absolute Gasteiger partial charge is 0.318 e. The van der Waals surface area contributed by atoms with Crippen LogP contribution in [0.25, 0.3) is 5.57 Å². The lowest BCUT2D eigenvalue weighted by atomic mass is 9.85. The second-order valence-corrected chi connectivity index (χ2v) is 6.79. The molecule has 2 fully saturated rings. The van der Waals surface area contributed by atoms with Crippen LogP contribution in [0.2, 0.25) is 0 Å². The Morgan fingerprint density at radius 2 is 1.12 bits per heavy atom. The molecule has 0 aromatic heterocycles. The maximum atomic E-state index is 12.2. The number of carbonyl (C=O) groups excluding carboxylic acids is 2. The van der Waals surface area contributed by atoms with E-state index in [1.165, 1.54) is 5.57 Å². The van der Waals surface area contributed by atoms with Crippen molar-refractivity contribution in [3.8, 4) is 0 Å². The molecule has 1 aliphatic heterocycles. The van der Waals surface area contributed by atoms with Gasteiger partial charge >= 0.3 is 11.9 Å². The van der Waals surface area contributed by atoms with Crippen LogP contribution in [0.15, 0.2) is 78.4 Å². The van der Waals surface area contributed by atoms with E-state index in [1.807, 2.05) is 36.4 Å². The molecule has 2 aromatic carbocycles. The quantitative estimate of drug-likeness (QED) is 0.480. The van der Waals surface area contributed by atoms with Crippen molar-refractivity contribution in [2.45, 2.75) is 0 Å². The third-order valence-electron chi connectivity index (χ3n) is 5.56. The summed E-state index contributed by atoms with van der Waals surface area (Å²) in [7, 11) is 0. The fourth-order valence-electron chi connectivity index (χ4n) is 4.61. The summed E-state index contributed by atoms with van der Waals surface area (Å²) in [4.78, 5) is 24.4. The Morgan fingerprint density at radius 3 is 1.56 bits per heavy atom. The molecule has 0 N–H and O–H groups in total. The van der Waals surface area contributed by atoms with Crippen LogP contribution in [-0.2, 0) is 14.3 Å². The van der Waals surface area contributed by atoms with Gasteiger partial charge in [0, 0.05) is 11.8 Å². The first-order valence-electron chi connectivity index (χ1n) is 8.54. The summed E-state index contributed by atoms with van der Waals surface area (Å²) < 4.78 is 4.91. The SMILES string of the molecule is O=C1OC(=O)[C@@H]2[C@@H]1[C@H]1C=C[C@H]2C1=C(c1ccccc1)c1ccccc1. The number of ether oxygens (including phenoxy) is 1. The van der Waals surface area contributed by atoms with Gasteiger partial charge in [-0.3, -0.25) is 9.59 Å². The van der Waals surface area contributed by atoms with Crippen LogP contribution in [0, 0.1) is 23.7 Å². The fourth-order valence-corrected chi connectivity index (χ4v) is 4.61. The maximum absolute atomic E-state index is 12.2. The van der Waals surface area contributed by atoms with Gasteiger partial charge in [-0.1, -0.05) is 72.8 Å². The van der Waals surface area contributed by atoms with Gasteiger partial charge in [-0.15, -0.1) is 0 Å². The Morgan fingerprint density at radius 1 is 0.680 bits per heavy atom. The topological polar surface area (TPSA) is 43.4 Å². The average molecular weight is 328 g/mol. The first-order valence-corrected chi connectivity index (χ1v) is 8.54. The summed E-state index contributed by atoms with van der Waals surface area (Å²) in [5, 5.41) is 0. The largest absolute Gasteiger partial charge is 0.393 e. The average Bonchev–Trinajstić information content (AvgIpc) is 3.29. The molecule has 2 aliphatic carbocycles. The Bertz CT molecular complexity index is 851. The van der Waals surface area contributed by atoms with Crippen LogP contribution >= 0.6 is 0 Å². The summed E-state index contributed by atoms with van der Waals surface area (Å²) >= 11 is 0. The van der Waals surface area contributed by atoms with Crippen molar-refractivity contribution < 1.29 is 14.3 Å². The molecule has 2 aromatic rings. The molecule has 122 valence electrons. The third-order valence-corrected chi connectivity index (χ3v) is 5.56. The molecule has 4 atom stereocenters. The van der Waals surface area contributed by atoms with E-state index < -0.39 is 0 Å². The van der Waals surface area contributed by atoms with E-state index in [0.29, 0.717) is 0 Å². The molecule has 1 heterocycles. The van der Waals surface area contributed by atoms with Gasteiger partial charge in [0.1, 0.15) is 0 Å². The lowest BCUT2D eigenvalue weighted by Crippen LogP contribution is -2.21. The Balaban J connectivity index is 1.75. The summed E-state index contributed by atoms with van der Waals surface area (Å²) in [6.07, 6.45) is 4.15. The number of esters is 2. The van der Waals surface area contributed by atoms with Gasteiger partial charge in [-0.05, 0) is 22.3 Å². The van der Waals surface area contributed by atoms with Gasteiger partial charge in [0.2, 0.25) is 0 Å². The summed E-state index contributed by atoms with van der Waals surface area (Å²) in [6.45, 7) is 0. The van der Waals surface area contributed by atoms with Crippen molar-refractivity contribution in [1.82, 2.24) is 0 Å². The first-order chi connectivity index (χ1) is 12.3. The Hall–Kier alpha value is -2.94. The molecule has 25 heavy (non-hydrogen) atoms. The number of cyclic esters (lactones) is 2. The van der Waals surface area contributed by atoms with Gasteiger partial charge in [-0.25, -0.2) is 0 Å². The first kappa shape index (κ1) is 14.4. The molecule has 0 unspecified atom stereocenters.